The van der Waals surface area contributed by atoms with Crippen molar-refractivity contribution in [1.82, 2.24) is 10.2 Å². The molecule has 1 saturated heterocycles. The van der Waals surface area contributed by atoms with Gasteiger partial charge in [-0.1, -0.05) is 23.2 Å². The zero-order chi connectivity index (χ0) is 15.2. The molecule has 0 radical (unpaired) electrons. The molecule has 0 spiro atoms. The van der Waals surface area contributed by atoms with Crippen molar-refractivity contribution in [3.8, 4) is 5.75 Å². The zero-order valence-corrected chi connectivity index (χ0v) is 14.8. The molecule has 0 unspecified atom stereocenters. The van der Waals surface area contributed by atoms with Gasteiger partial charge in [0.25, 0.3) is 5.91 Å². The summed E-state index contributed by atoms with van der Waals surface area (Å²) in [5.74, 6) is 1.24. The summed E-state index contributed by atoms with van der Waals surface area (Å²) in [6.07, 6.45) is 2.08. The van der Waals surface area contributed by atoms with Crippen LogP contribution in [0.5, 0.6) is 5.75 Å². The summed E-state index contributed by atoms with van der Waals surface area (Å²) in [7, 11) is 1.96. The van der Waals surface area contributed by atoms with Gasteiger partial charge in [0.1, 0.15) is 5.75 Å². The molecule has 1 aromatic carbocycles. The van der Waals surface area contributed by atoms with E-state index in [1.165, 1.54) is 0 Å². The van der Waals surface area contributed by atoms with Crippen LogP contribution in [0.25, 0.3) is 0 Å². The molecule has 1 fully saturated rings. The number of benzene rings is 1. The van der Waals surface area contributed by atoms with Crippen molar-refractivity contribution in [3.05, 3.63) is 28.2 Å². The maximum absolute atomic E-state index is 12.1. The lowest BCUT2D eigenvalue weighted by Gasteiger charge is -2.31. The van der Waals surface area contributed by atoms with Gasteiger partial charge in [-0.15, -0.1) is 12.4 Å². The predicted molar refractivity (Wildman–Crippen MR) is 92.4 cm³/mol. The standard InChI is InChI=1S/C15H20Cl2N2O2.ClH/c1-18-9-11-4-6-19(7-5-11)15(20)10-21-12-2-3-13(16)14(17)8-12;/h2-3,8,11,18H,4-7,9-10H2,1H3;1H. The Balaban J connectivity index is 0.00000242. The minimum absolute atomic E-state index is 0. The van der Waals surface area contributed by atoms with Gasteiger partial charge in [0, 0.05) is 19.2 Å². The van der Waals surface area contributed by atoms with Gasteiger partial charge in [-0.3, -0.25) is 4.79 Å². The highest BCUT2D eigenvalue weighted by molar-refractivity contribution is 6.42. The lowest BCUT2D eigenvalue weighted by molar-refractivity contribution is -0.134. The summed E-state index contributed by atoms with van der Waals surface area (Å²) in [5, 5.41) is 4.09. The highest BCUT2D eigenvalue weighted by atomic mass is 35.5. The molecule has 0 atom stereocenters. The molecule has 1 aliphatic heterocycles. The molecular formula is C15H21Cl3N2O2. The average Bonchev–Trinajstić information content (AvgIpc) is 2.49. The third kappa shape index (κ3) is 5.51. The summed E-state index contributed by atoms with van der Waals surface area (Å²) >= 11 is 11.7. The third-order valence-electron chi connectivity index (χ3n) is 3.71. The predicted octanol–water partition coefficient (Wildman–Crippen LogP) is 3.25. The molecule has 7 heteroatoms. The molecule has 22 heavy (non-hydrogen) atoms. The fourth-order valence-electron chi connectivity index (χ4n) is 2.48. The minimum Gasteiger partial charge on any atom is -0.484 e. The number of likely N-dealkylation sites (tertiary alicyclic amines) is 1. The molecule has 0 saturated carbocycles. The van der Waals surface area contributed by atoms with Crippen molar-refractivity contribution in [2.24, 2.45) is 5.92 Å². The topological polar surface area (TPSA) is 41.6 Å². The summed E-state index contributed by atoms with van der Waals surface area (Å²) in [6, 6.07) is 4.99. The molecule has 1 amide bonds. The van der Waals surface area contributed by atoms with Crippen molar-refractivity contribution in [2.45, 2.75) is 12.8 Å². The second-order valence-corrected chi connectivity index (χ2v) is 6.06. The maximum atomic E-state index is 12.1. The number of hydrogen-bond donors (Lipinski definition) is 1. The van der Waals surface area contributed by atoms with Crippen LogP contribution in [0.4, 0.5) is 0 Å². The van der Waals surface area contributed by atoms with E-state index in [1.54, 1.807) is 18.2 Å². The van der Waals surface area contributed by atoms with E-state index in [2.05, 4.69) is 5.32 Å². The Kier molecular flexibility index (Phi) is 8.33. The number of nitrogens with zero attached hydrogens (tertiary/aromatic N) is 1. The van der Waals surface area contributed by atoms with Crippen LogP contribution in [-0.2, 0) is 4.79 Å². The first-order chi connectivity index (χ1) is 10.1. The van der Waals surface area contributed by atoms with E-state index < -0.39 is 0 Å². The first-order valence-electron chi connectivity index (χ1n) is 7.10. The third-order valence-corrected chi connectivity index (χ3v) is 4.45. The van der Waals surface area contributed by atoms with Crippen molar-refractivity contribution in [2.75, 3.05) is 33.3 Å². The Morgan fingerprint density at radius 3 is 2.59 bits per heavy atom. The van der Waals surface area contributed by atoms with Gasteiger partial charge in [0.2, 0.25) is 0 Å². The van der Waals surface area contributed by atoms with Crippen LogP contribution in [0.15, 0.2) is 18.2 Å². The molecule has 1 heterocycles. The van der Waals surface area contributed by atoms with E-state index in [0.717, 1.165) is 32.5 Å². The Bertz CT molecular complexity index is 492. The Morgan fingerprint density at radius 1 is 1.32 bits per heavy atom. The molecule has 0 aromatic heterocycles. The number of hydrogen-bond acceptors (Lipinski definition) is 3. The minimum atomic E-state index is 0. The quantitative estimate of drug-likeness (QED) is 0.868. The smallest absolute Gasteiger partial charge is 0.260 e. The second-order valence-electron chi connectivity index (χ2n) is 5.25. The van der Waals surface area contributed by atoms with Gasteiger partial charge in [0.05, 0.1) is 10.0 Å². The number of nitrogens with one attached hydrogen (secondary N) is 1. The van der Waals surface area contributed by atoms with E-state index in [4.69, 9.17) is 27.9 Å². The van der Waals surface area contributed by atoms with Crippen LogP contribution < -0.4 is 10.1 Å². The number of carbonyl (C=O) groups excluding carboxylic acids is 1. The van der Waals surface area contributed by atoms with E-state index in [9.17, 15) is 4.79 Å². The number of amides is 1. The van der Waals surface area contributed by atoms with E-state index in [1.807, 2.05) is 11.9 Å². The molecule has 4 nitrogen and oxygen atoms in total. The maximum Gasteiger partial charge on any atom is 0.260 e. The molecular weight excluding hydrogens is 347 g/mol. The van der Waals surface area contributed by atoms with Crippen molar-refractivity contribution < 1.29 is 9.53 Å². The number of carbonyl (C=O) groups is 1. The largest absolute Gasteiger partial charge is 0.484 e. The van der Waals surface area contributed by atoms with E-state index in [0.29, 0.717) is 21.7 Å². The molecule has 1 N–H and O–H groups in total. The summed E-state index contributed by atoms with van der Waals surface area (Å²) in [4.78, 5) is 14.0. The molecule has 124 valence electrons. The van der Waals surface area contributed by atoms with Crippen molar-refractivity contribution in [3.63, 3.8) is 0 Å². The highest BCUT2D eigenvalue weighted by Crippen LogP contribution is 2.26. The van der Waals surface area contributed by atoms with E-state index in [-0.39, 0.29) is 24.9 Å². The van der Waals surface area contributed by atoms with Crippen LogP contribution in [0.1, 0.15) is 12.8 Å². The summed E-state index contributed by atoms with van der Waals surface area (Å²) < 4.78 is 5.48. The fraction of sp³-hybridized carbons (Fsp3) is 0.533. The van der Waals surface area contributed by atoms with Crippen LogP contribution in [0, 0.1) is 5.92 Å². The molecule has 2 rings (SSSR count). The summed E-state index contributed by atoms with van der Waals surface area (Å²) in [5.41, 5.74) is 0. The zero-order valence-electron chi connectivity index (χ0n) is 12.5. The monoisotopic (exact) mass is 366 g/mol. The van der Waals surface area contributed by atoms with Gasteiger partial charge in [-0.2, -0.15) is 0 Å². The van der Waals surface area contributed by atoms with Crippen molar-refractivity contribution in [1.29, 1.82) is 0 Å². The number of piperidine rings is 1. The van der Waals surface area contributed by atoms with Crippen LogP contribution >= 0.6 is 35.6 Å². The lowest BCUT2D eigenvalue weighted by Crippen LogP contribution is -2.42. The van der Waals surface area contributed by atoms with E-state index >= 15 is 0 Å². The SMILES string of the molecule is CNCC1CCN(C(=O)COc2ccc(Cl)c(Cl)c2)CC1.Cl. The average molecular weight is 368 g/mol. The number of rotatable bonds is 5. The van der Waals surface area contributed by atoms with Gasteiger partial charge in [-0.05, 0) is 44.5 Å². The Labute approximate surface area is 147 Å². The normalized spacial score (nSPS) is 15.3. The molecule has 0 aliphatic carbocycles. The highest BCUT2D eigenvalue weighted by Gasteiger charge is 2.22. The van der Waals surface area contributed by atoms with Crippen molar-refractivity contribution >= 4 is 41.5 Å². The van der Waals surface area contributed by atoms with Crippen LogP contribution in [0.3, 0.4) is 0 Å². The fourth-order valence-corrected chi connectivity index (χ4v) is 2.77. The van der Waals surface area contributed by atoms with Gasteiger partial charge in [0.15, 0.2) is 6.61 Å². The number of halogens is 3. The molecule has 0 bridgehead atoms. The first-order valence-corrected chi connectivity index (χ1v) is 7.86. The second kappa shape index (κ2) is 9.46. The lowest BCUT2D eigenvalue weighted by atomic mass is 9.97. The van der Waals surface area contributed by atoms with Crippen LogP contribution in [0.2, 0.25) is 10.0 Å². The Morgan fingerprint density at radius 2 is 2.00 bits per heavy atom. The van der Waals surface area contributed by atoms with Crippen LogP contribution in [-0.4, -0.2) is 44.1 Å². The van der Waals surface area contributed by atoms with Gasteiger partial charge < -0.3 is 15.0 Å². The first kappa shape index (κ1) is 19.4. The molecule has 1 aromatic rings. The summed E-state index contributed by atoms with van der Waals surface area (Å²) in [6.45, 7) is 2.66. The Hall–Kier alpha value is -0.680. The van der Waals surface area contributed by atoms with Gasteiger partial charge >= 0.3 is 0 Å². The van der Waals surface area contributed by atoms with Gasteiger partial charge in [-0.25, -0.2) is 0 Å². The molecule has 1 aliphatic rings. The number of ether oxygens (including phenoxy) is 1.